The molecule has 70 heavy (non-hydrogen) atoms. The van der Waals surface area contributed by atoms with Gasteiger partial charge in [-0.25, -0.2) is 0 Å². The van der Waals surface area contributed by atoms with E-state index < -0.39 is 8.07 Å². The van der Waals surface area contributed by atoms with Crippen LogP contribution in [0.25, 0.3) is 66.1 Å². The van der Waals surface area contributed by atoms with Gasteiger partial charge in [-0.05, 0) is 123 Å². The highest BCUT2D eigenvalue weighted by atomic mass is 28.3. The Hall–Kier alpha value is -8.82. The smallest absolute Gasteiger partial charge is 0.179 e. The van der Waals surface area contributed by atoms with Crippen LogP contribution in [-0.2, 0) is 0 Å². The van der Waals surface area contributed by atoms with Crippen LogP contribution in [0.1, 0.15) is 5.48 Å². The van der Waals surface area contributed by atoms with Crippen LogP contribution < -0.4 is 25.6 Å². The molecule has 0 spiro atoms. The molecule has 1 nitrogen and oxygen atoms in total. The average molecular weight is 912 g/mol. The minimum Gasteiger partial charge on any atom is -0.310 e. The number of anilines is 3. The second kappa shape index (κ2) is 18.7. The second-order valence-electron chi connectivity index (χ2n) is 17.7. The Morgan fingerprint density at radius 3 is 1.09 bits per heavy atom. The molecule has 0 amide bonds. The maximum atomic E-state index is 10.0. The molecule has 0 bridgehead atoms. The van der Waals surface area contributed by atoms with E-state index in [0.29, 0.717) is 16.9 Å². The van der Waals surface area contributed by atoms with Gasteiger partial charge in [-0.15, -0.1) is 0 Å². The molecule has 0 aliphatic carbocycles. The molecule has 0 saturated carbocycles. The van der Waals surface area contributed by atoms with Crippen molar-refractivity contribution in [3.05, 3.63) is 297 Å². The van der Waals surface area contributed by atoms with Gasteiger partial charge >= 0.3 is 0 Å². The van der Waals surface area contributed by atoms with Crippen molar-refractivity contribution in [3.8, 4) is 44.5 Å². The summed E-state index contributed by atoms with van der Waals surface area (Å²) in [4.78, 5) is 1.98. The Balaban J connectivity index is 1.27. The molecule has 0 fully saturated rings. The SMILES string of the molecule is [2H]c1c([2H])c(N(c2ccc(-c3ccccc3)cc2)c2cc(-c3c(-c4ccccc4)c4ccccc4c4ccccc34)cc([Si](c3ccccc3)(c3ccccc3)c3ccccc3)c2)c([2H])c([2H])c1-c1ccccc1. The van der Waals surface area contributed by atoms with E-state index in [1.165, 1.54) is 15.6 Å². The number of rotatable bonds is 11. The third-order valence-electron chi connectivity index (χ3n) is 13.6. The minimum absolute atomic E-state index is 0.108. The van der Waals surface area contributed by atoms with Crippen molar-refractivity contribution in [2.24, 2.45) is 0 Å². The topological polar surface area (TPSA) is 3.24 Å². The van der Waals surface area contributed by atoms with Crippen LogP contribution in [0.3, 0.4) is 0 Å². The molecule has 330 valence electrons. The third kappa shape index (κ3) is 7.71. The highest BCUT2D eigenvalue weighted by Crippen LogP contribution is 2.46. The molecule has 0 N–H and O–H groups in total. The first-order valence-corrected chi connectivity index (χ1v) is 25.8. The van der Waals surface area contributed by atoms with E-state index in [-0.39, 0.29) is 35.4 Å². The molecule has 0 aromatic heterocycles. The van der Waals surface area contributed by atoms with E-state index in [1.807, 2.05) is 65.6 Å². The highest BCUT2D eigenvalue weighted by molar-refractivity contribution is 7.20. The molecule has 2 heteroatoms. The van der Waals surface area contributed by atoms with Gasteiger partial charge in [-0.1, -0.05) is 261 Å². The first kappa shape index (κ1) is 38.2. The first-order chi connectivity index (χ1) is 36.4. The molecule has 12 aromatic carbocycles. The molecule has 0 aliphatic heterocycles. The van der Waals surface area contributed by atoms with Crippen molar-refractivity contribution in [3.63, 3.8) is 0 Å². The van der Waals surface area contributed by atoms with Crippen molar-refractivity contribution in [1.29, 1.82) is 0 Å². The predicted octanol–water partition coefficient (Wildman–Crippen LogP) is 15.5. The van der Waals surface area contributed by atoms with Gasteiger partial charge < -0.3 is 4.90 Å². The van der Waals surface area contributed by atoms with Crippen molar-refractivity contribution < 1.29 is 5.48 Å². The molecule has 12 rings (SSSR count). The zero-order chi connectivity index (χ0) is 50.2. The third-order valence-corrected chi connectivity index (χ3v) is 18.4. The Bertz CT molecular complexity index is 3840. The molecule has 0 saturated heterocycles. The fourth-order valence-electron chi connectivity index (χ4n) is 10.5. The van der Waals surface area contributed by atoms with Gasteiger partial charge in [-0.2, -0.15) is 0 Å². The molecule has 0 aliphatic rings. The summed E-state index contributed by atoms with van der Waals surface area (Å²) in [6, 6.07) is 94.9. The van der Waals surface area contributed by atoms with Crippen LogP contribution in [0.2, 0.25) is 0 Å². The maximum absolute atomic E-state index is 10.0. The van der Waals surface area contributed by atoms with Gasteiger partial charge in [-0.3, -0.25) is 0 Å². The summed E-state index contributed by atoms with van der Waals surface area (Å²) in [6.07, 6.45) is 0. The predicted molar refractivity (Wildman–Crippen MR) is 301 cm³/mol. The van der Waals surface area contributed by atoms with Gasteiger partial charge in [0.1, 0.15) is 0 Å². The van der Waals surface area contributed by atoms with Crippen LogP contribution in [0.5, 0.6) is 0 Å². The first-order valence-electron chi connectivity index (χ1n) is 25.8. The van der Waals surface area contributed by atoms with E-state index in [4.69, 9.17) is 0 Å². The summed E-state index contributed by atoms with van der Waals surface area (Å²) in [5.74, 6) is 0. The summed E-state index contributed by atoms with van der Waals surface area (Å²) >= 11 is 0. The van der Waals surface area contributed by atoms with Crippen LogP contribution in [-0.4, -0.2) is 8.07 Å². The van der Waals surface area contributed by atoms with Gasteiger partial charge in [0.25, 0.3) is 0 Å². The lowest BCUT2D eigenvalue weighted by atomic mass is 9.85. The van der Waals surface area contributed by atoms with Crippen molar-refractivity contribution in [1.82, 2.24) is 0 Å². The largest absolute Gasteiger partial charge is 0.310 e. The van der Waals surface area contributed by atoms with Crippen molar-refractivity contribution >= 4 is 67.4 Å². The molecular formula is C68H49NSi. The lowest BCUT2D eigenvalue weighted by Gasteiger charge is -2.36. The molecule has 0 unspecified atom stereocenters. The van der Waals surface area contributed by atoms with Crippen LogP contribution in [0.4, 0.5) is 17.1 Å². The number of nitrogens with zero attached hydrogens (tertiary/aromatic N) is 1. The van der Waals surface area contributed by atoms with Crippen LogP contribution in [0.15, 0.2) is 297 Å². The molecule has 0 radical (unpaired) electrons. The van der Waals surface area contributed by atoms with Gasteiger partial charge in [0.15, 0.2) is 8.07 Å². The van der Waals surface area contributed by atoms with E-state index in [0.717, 1.165) is 60.1 Å². The molecule has 12 aromatic rings. The lowest BCUT2D eigenvalue weighted by molar-refractivity contribution is 1.29. The van der Waals surface area contributed by atoms with Gasteiger partial charge in [0.2, 0.25) is 0 Å². The summed E-state index contributed by atoms with van der Waals surface area (Å²) in [7, 11) is -3.31. The standard InChI is InChI=1S/C68H49NSi/c1-7-23-50(24-8-1)52-39-43-56(44-40-52)69(57-45-41-53(42-46-57)51-25-9-2-10-26-51)58-47-55(68-66-38-22-20-36-64(66)63-35-19-21-37-65(63)67(68)54-27-11-3-12-28-54)48-62(49-58)70(59-29-13-4-14-30-59,60-31-15-5-16-32-60)61-33-17-6-18-34-61/h1-49H/i39D,40D,43D,44D. The van der Waals surface area contributed by atoms with E-state index >= 15 is 0 Å². The fraction of sp³-hybridized carbons (Fsp3) is 0. The molecule has 0 heterocycles. The number of fused-ring (bicyclic) bond motifs is 3. The second-order valence-corrected chi connectivity index (χ2v) is 21.5. The number of benzene rings is 12. The van der Waals surface area contributed by atoms with Gasteiger partial charge in [0.05, 0.1) is 5.48 Å². The van der Waals surface area contributed by atoms with E-state index in [9.17, 15) is 5.48 Å². The summed E-state index contributed by atoms with van der Waals surface area (Å²) < 4.78 is 39.5. The average Bonchev–Trinajstić information content (AvgIpc) is 3.48. The van der Waals surface area contributed by atoms with Crippen molar-refractivity contribution in [2.45, 2.75) is 0 Å². The molecular weight excluding hydrogens is 859 g/mol. The van der Waals surface area contributed by atoms with E-state index in [2.05, 4.69) is 212 Å². The quantitative estimate of drug-likeness (QED) is 0.0710. The Labute approximate surface area is 417 Å². The zero-order valence-corrected chi connectivity index (χ0v) is 39.4. The highest BCUT2D eigenvalue weighted by Gasteiger charge is 2.42. The summed E-state index contributed by atoms with van der Waals surface area (Å²) in [5, 5.41) is 9.19. The number of hydrogen-bond donors (Lipinski definition) is 0. The fourth-order valence-corrected chi connectivity index (χ4v) is 15.3. The zero-order valence-electron chi connectivity index (χ0n) is 42.4. The maximum Gasteiger partial charge on any atom is 0.179 e. The lowest BCUT2D eigenvalue weighted by Crippen LogP contribution is -2.74. The van der Waals surface area contributed by atoms with Gasteiger partial charge in [0, 0.05) is 17.1 Å². The molecule has 0 atom stereocenters. The minimum atomic E-state index is -3.31. The van der Waals surface area contributed by atoms with Crippen LogP contribution in [0, 0.1) is 0 Å². The Kier molecular flexibility index (Phi) is 10.2. The van der Waals surface area contributed by atoms with Crippen molar-refractivity contribution in [2.75, 3.05) is 4.90 Å². The normalized spacial score (nSPS) is 12.2. The Morgan fingerprint density at radius 1 is 0.243 bits per heavy atom. The Morgan fingerprint density at radius 2 is 0.614 bits per heavy atom. The monoisotopic (exact) mass is 911 g/mol. The van der Waals surface area contributed by atoms with E-state index in [1.54, 1.807) is 0 Å². The van der Waals surface area contributed by atoms with Crippen LogP contribution >= 0.6 is 0 Å². The summed E-state index contributed by atoms with van der Waals surface area (Å²) in [5.41, 5.74) is 8.72. The number of hydrogen-bond acceptors (Lipinski definition) is 1. The summed E-state index contributed by atoms with van der Waals surface area (Å²) in [6.45, 7) is 0.